The topological polar surface area (TPSA) is 53.6 Å². The van der Waals surface area contributed by atoms with Gasteiger partial charge in [0.25, 0.3) is 0 Å². The minimum atomic E-state index is 0.798. The maximum Gasteiger partial charge on any atom is 0.205 e. The van der Waals surface area contributed by atoms with E-state index in [1.54, 1.807) is 11.3 Å². The van der Waals surface area contributed by atoms with Gasteiger partial charge >= 0.3 is 0 Å². The summed E-state index contributed by atoms with van der Waals surface area (Å²) in [5.74, 6) is 0. The van der Waals surface area contributed by atoms with E-state index in [0.29, 0.717) is 0 Å². The zero-order valence-corrected chi connectivity index (χ0v) is 10.2. The molecule has 0 amide bonds. The lowest BCUT2D eigenvalue weighted by Gasteiger charge is -1.97. The van der Waals surface area contributed by atoms with Crippen LogP contribution < -0.4 is 5.32 Å². The van der Waals surface area contributed by atoms with E-state index in [2.05, 4.69) is 27.4 Å². The Labute approximate surface area is 99.1 Å². The van der Waals surface area contributed by atoms with E-state index in [-0.39, 0.29) is 0 Å². The van der Waals surface area contributed by atoms with Crippen molar-refractivity contribution in [2.45, 2.75) is 32.7 Å². The highest BCUT2D eigenvalue weighted by molar-refractivity contribution is 7.15. The van der Waals surface area contributed by atoms with Crippen LogP contribution in [-0.2, 0) is 13.0 Å². The molecule has 0 atom stereocenters. The highest BCUT2D eigenvalue weighted by atomic mass is 32.1. The zero-order valence-electron chi connectivity index (χ0n) is 9.36. The van der Waals surface area contributed by atoms with Gasteiger partial charge in [-0.3, -0.25) is 0 Å². The molecule has 0 saturated heterocycles. The molecular weight excluding hydrogens is 220 g/mol. The van der Waals surface area contributed by atoms with Gasteiger partial charge in [0.1, 0.15) is 5.01 Å². The van der Waals surface area contributed by atoms with E-state index in [1.807, 2.05) is 18.5 Å². The molecule has 0 aliphatic heterocycles. The van der Waals surface area contributed by atoms with Crippen molar-refractivity contribution in [3.05, 3.63) is 29.0 Å². The Kier molecular flexibility index (Phi) is 3.93. The summed E-state index contributed by atoms with van der Waals surface area (Å²) in [7, 11) is 0. The maximum atomic E-state index is 4.15. The number of hydrogen-bond acceptors (Lipinski definition) is 4. The number of aromatic amines is 1. The smallest absolute Gasteiger partial charge is 0.205 e. The molecule has 2 N–H and O–H groups in total. The molecule has 0 saturated carbocycles. The van der Waals surface area contributed by atoms with Crippen LogP contribution in [0.5, 0.6) is 0 Å². The summed E-state index contributed by atoms with van der Waals surface area (Å²) >= 11 is 1.65. The fraction of sp³-hybridized carbons (Fsp3) is 0.455. The second-order valence-electron chi connectivity index (χ2n) is 3.68. The van der Waals surface area contributed by atoms with Gasteiger partial charge in [-0.1, -0.05) is 24.7 Å². The highest BCUT2D eigenvalue weighted by Gasteiger charge is 2.03. The van der Waals surface area contributed by atoms with Gasteiger partial charge in [-0.15, -0.1) is 10.2 Å². The number of rotatable bonds is 6. The molecule has 0 aromatic carbocycles. The molecule has 2 rings (SSSR count). The second kappa shape index (κ2) is 5.65. The van der Waals surface area contributed by atoms with Gasteiger partial charge in [0.05, 0.1) is 0 Å². The van der Waals surface area contributed by atoms with Crippen LogP contribution in [-0.4, -0.2) is 15.2 Å². The number of aromatic nitrogens is 3. The van der Waals surface area contributed by atoms with Gasteiger partial charge in [-0.05, 0) is 18.1 Å². The molecule has 86 valence electrons. The monoisotopic (exact) mass is 236 g/mol. The Morgan fingerprint density at radius 2 is 2.38 bits per heavy atom. The summed E-state index contributed by atoms with van der Waals surface area (Å²) < 4.78 is 0. The Morgan fingerprint density at radius 1 is 1.44 bits per heavy atom. The maximum absolute atomic E-state index is 4.15. The molecule has 0 radical (unpaired) electrons. The van der Waals surface area contributed by atoms with Gasteiger partial charge in [-0.25, -0.2) is 0 Å². The standard InChI is InChI=1S/C11H16N4S/c1-2-3-4-10-14-15-11(16-10)13-8-9-5-6-12-7-9/h5-7,12H,2-4,8H2,1H3,(H,13,15). The van der Waals surface area contributed by atoms with Crippen molar-refractivity contribution >= 4 is 16.5 Å². The Morgan fingerprint density at radius 3 is 3.12 bits per heavy atom. The average Bonchev–Trinajstić information content (AvgIpc) is 2.95. The van der Waals surface area contributed by atoms with E-state index >= 15 is 0 Å². The first-order chi connectivity index (χ1) is 7.88. The predicted octanol–water partition coefficient (Wildman–Crippen LogP) is 2.82. The zero-order chi connectivity index (χ0) is 11.2. The summed E-state index contributed by atoms with van der Waals surface area (Å²) in [5.41, 5.74) is 1.23. The first-order valence-electron chi connectivity index (χ1n) is 5.56. The summed E-state index contributed by atoms with van der Waals surface area (Å²) in [4.78, 5) is 3.03. The van der Waals surface area contributed by atoms with Crippen molar-refractivity contribution in [1.29, 1.82) is 0 Å². The van der Waals surface area contributed by atoms with Gasteiger partial charge in [0.2, 0.25) is 5.13 Å². The van der Waals surface area contributed by atoms with E-state index in [4.69, 9.17) is 0 Å². The average molecular weight is 236 g/mol. The molecule has 0 aliphatic carbocycles. The molecule has 16 heavy (non-hydrogen) atoms. The van der Waals surface area contributed by atoms with Gasteiger partial charge < -0.3 is 10.3 Å². The Hall–Kier alpha value is -1.36. The van der Waals surface area contributed by atoms with Crippen LogP contribution in [0.4, 0.5) is 5.13 Å². The summed E-state index contributed by atoms with van der Waals surface area (Å²) in [6, 6.07) is 2.05. The van der Waals surface area contributed by atoms with Crippen molar-refractivity contribution in [2.24, 2.45) is 0 Å². The fourth-order valence-corrected chi connectivity index (χ4v) is 2.18. The number of aryl methyl sites for hydroxylation is 1. The lowest BCUT2D eigenvalue weighted by molar-refractivity contribution is 0.779. The SMILES string of the molecule is CCCCc1nnc(NCc2cc[nH]c2)s1. The molecule has 4 nitrogen and oxygen atoms in total. The number of H-pyrrole nitrogens is 1. The van der Waals surface area contributed by atoms with E-state index in [1.165, 1.54) is 18.4 Å². The normalized spacial score (nSPS) is 10.6. The van der Waals surface area contributed by atoms with Crippen molar-refractivity contribution in [1.82, 2.24) is 15.2 Å². The second-order valence-corrected chi connectivity index (χ2v) is 4.74. The van der Waals surface area contributed by atoms with Crippen LogP contribution in [0.25, 0.3) is 0 Å². The lowest BCUT2D eigenvalue weighted by Crippen LogP contribution is -1.97. The first kappa shape index (κ1) is 11.1. The van der Waals surface area contributed by atoms with Gasteiger partial charge in [-0.2, -0.15) is 0 Å². The molecule has 0 aliphatic rings. The van der Waals surface area contributed by atoms with Crippen LogP contribution in [0.1, 0.15) is 30.3 Å². The van der Waals surface area contributed by atoms with Crippen LogP contribution in [0.15, 0.2) is 18.5 Å². The summed E-state index contributed by atoms with van der Waals surface area (Å²) in [6.07, 6.45) is 7.33. The third kappa shape index (κ3) is 3.06. The van der Waals surface area contributed by atoms with Crippen molar-refractivity contribution in [2.75, 3.05) is 5.32 Å². The predicted molar refractivity (Wildman–Crippen MR) is 66.6 cm³/mol. The van der Waals surface area contributed by atoms with E-state index < -0.39 is 0 Å². The number of hydrogen-bond donors (Lipinski definition) is 2. The molecule has 0 unspecified atom stereocenters. The third-order valence-corrected chi connectivity index (χ3v) is 3.26. The third-order valence-electron chi connectivity index (χ3n) is 2.32. The van der Waals surface area contributed by atoms with E-state index in [0.717, 1.165) is 23.1 Å². The fourth-order valence-electron chi connectivity index (χ4n) is 1.40. The first-order valence-corrected chi connectivity index (χ1v) is 6.38. The van der Waals surface area contributed by atoms with Crippen LogP contribution >= 0.6 is 11.3 Å². The van der Waals surface area contributed by atoms with Crippen LogP contribution in [0.3, 0.4) is 0 Å². The summed E-state index contributed by atoms with van der Waals surface area (Å²) in [5, 5.41) is 13.6. The molecule has 0 bridgehead atoms. The van der Waals surface area contributed by atoms with Crippen molar-refractivity contribution < 1.29 is 0 Å². The molecular formula is C11H16N4S. The quantitative estimate of drug-likeness (QED) is 0.811. The van der Waals surface area contributed by atoms with Gasteiger partial charge in [0.15, 0.2) is 0 Å². The number of nitrogens with zero attached hydrogens (tertiary/aromatic N) is 2. The largest absolute Gasteiger partial charge is 0.367 e. The molecule has 2 aromatic heterocycles. The molecule has 5 heteroatoms. The van der Waals surface area contributed by atoms with Crippen molar-refractivity contribution in [3.8, 4) is 0 Å². The Balaban J connectivity index is 1.83. The number of nitrogens with one attached hydrogen (secondary N) is 2. The minimum absolute atomic E-state index is 0.798. The molecule has 2 heterocycles. The minimum Gasteiger partial charge on any atom is -0.367 e. The Bertz CT molecular complexity index is 407. The summed E-state index contributed by atoms with van der Waals surface area (Å²) in [6.45, 7) is 2.98. The number of unbranched alkanes of at least 4 members (excludes halogenated alkanes) is 1. The highest BCUT2D eigenvalue weighted by Crippen LogP contribution is 2.17. The molecule has 2 aromatic rings. The lowest BCUT2D eigenvalue weighted by atomic mass is 10.3. The van der Waals surface area contributed by atoms with Crippen molar-refractivity contribution in [3.63, 3.8) is 0 Å². The van der Waals surface area contributed by atoms with Crippen LogP contribution in [0, 0.1) is 0 Å². The van der Waals surface area contributed by atoms with Gasteiger partial charge in [0, 0.05) is 25.4 Å². The van der Waals surface area contributed by atoms with E-state index in [9.17, 15) is 0 Å². The molecule has 0 spiro atoms. The molecule has 0 fully saturated rings. The van der Waals surface area contributed by atoms with Crippen LogP contribution in [0.2, 0.25) is 0 Å². The number of anilines is 1.